The number of fused-ring (bicyclic) bond motifs is 2. The van der Waals surface area contributed by atoms with Crippen LogP contribution < -0.4 is 4.72 Å². The fourth-order valence-corrected chi connectivity index (χ4v) is 4.32. The minimum atomic E-state index is -3.80. The second-order valence-electron chi connectivity index (χ2n) is 5.17. The van der Waals surface area contributed by atoms with Gasteiger partial charge in [-0.1, -0.05) is 0 Å². The van der Waals surface area contributed by atoms with Gasteiger partial charge in [0.2, 0.25) is 15.8 Å². The number of ether oxygens (including phenoxy) is 1. The molecule has 20 heavy (non-hydrogen) atoms. The Morgan fingerprint density at radius 3 is 2.70 bits per heavy atom. The Balaban J connectivity index is 1.83. The molecule has 0 saturated carbocycles. The Morgan fingerprint density at radius 2 is 2.20 bits per heavy atom. The highest BCUT2D eigenvalue weighted by Gasteiger charge is 2.43. The summed E-state index contributed by atoms with van der Waals surface area (Å²) in [5.74, 6) is -1.61. The van der Waals surface area contributed by atoms with Crippen LogP contribution in [0.2, 0.25) is 0 Å². The molecule has 2 saturated heterocycles. The molecule has 2 aliphatic rings. The zero-order valence-electron chi connectivity index (χ0n) is 10.8. The van der Waals surface area contributed by atoms with E-state index in [1.807, 2.05) is 0 Å². The van der Waals surface area contributed by atoms with Gasteiger partial charge in [-0.05, 0) is 26.2 Å². The van der Waals surface area contributed by atoms with Gasteiger partial charge in [-0.15, -0.1) is 0 Å². The van der Waals surface area contributed by atoms with Gasteiger partial charge in [-0.2, -0.15) is 0 Å². The second-order valence-corrected chi connectivity index (χ2v) is 6.86. The monoisotopic (exact) mass is 301 g/mol. The van der Waals surface area contributed by atoms with E-state index in [0.29, 0.717) is 6.42 Å². The number of carboxylic acid groups (broad SMARTS) is 1. The standard InChI is InChI=1S/C12H15NO6S/c1-6-11(5-10(18-6)12(14)15)20(16,17)13-8-4-7-2-3-9(8)19-7/h5,7-9,13H,2-4H2,1H3,(H,14,15). The number of sulfonamides is 1. The SMILES string of the molecule is Cc1oc(C(=O)O)cc1S(=O)(=O)NC1CC2CCC1O2. The van der Waals surface area contributed by atoms with Crippen molar-refractivity contribution in [2.24, 2.45) is 0 Å². The normalized spacial score (nSPS) is 28.9. The molecule has 1 aromatic rings. The zero-order valence-corrected chi connectivity index (χ0v) is 11.6. The van der Waals surface area contributed by atoms with E-state index in [1.165, 1.54) is 6.92 Å². The Hall–Kier alpha value is -1.38. The lowest BCUT2D eigenvalue weighted by Gasteiger charge is -2.19. The molecule has 110 valence electrons. The predicted octanol–water partition coefficient (Wildman–Crippen LogP) is 0.884. The van der Waals surface area contributed by atoms with E-state index in [0.717, 1.165) is 18.9 Å². The van der Waals surface area contributed by atoms with Crippen molar-refractivity contribution in [2.75, 3.05) is 0 Å². The first-order valence-electron chi connectivity index (χ1n) is 6.38. The van der Waals surface area contributed by atoms with E-state index in [4.69, 9.17) is 14.3 Å². The highest BCUT2D eigenvalue weighted by molar-refractivity contribution is 7.89. The number of rotatable bonds is 4. The second kappa shape index (κ2) is 4.57. The molecule has 2 fully saturated rings. The molecule has 0 aromatic carbocycles. The molecule has 1 aromatic heterocycles. The highest BCUT2D eigenvalue weighted by atomic mass is 32.2. The minimum absolute atomic E-state index is 0.0685. The van der Waals surface area contributed by atoms with E-state index in [1.54, 1.807) is 0 Å². The van der Waals surface area contributed by atoms with Crippen molar-refractivity contribution >= 4 is 16.0 Å². The van der Waals surface area contributed by atoms with E-state index in [9.17, 15) is 13.2 Å². The first-order chi connectivity index (χ1) is 9.37. The number of nitrogens with one attached hydrogen (secondary N) is 1. The lowest BCUT2D eigenvalue weighted by molar-refractivity contribution is 0.0661. The van der Waals surface area contributed by atoms with Gasteiger partial charge in [0.15, 0.2) is 0 Å². The summed E-state index contributed by atoms with van der Waals surface area (Å²) in [6.45, 7) is 1.43. The molecule has 8 heteroatoms. The number of hydrogen-bond acceptors (Lipinski definition) is 5. The van der Waals surface area contributed by atoms with Crippen LogP contribution in [0.25, 0.3) is 0 Å². The summed E-state index contributed by atoms with van der Waals surface area (Å²) >= 11 is 0. The van der Waals surface area contributed by atoms with Crippen LogP contribution in [0, 0.1) is 6.92 Å². The third-order valence-corrected chi connectivity index (χ3v) is 5.38. The van der Waals surface area contributed by atoms with E-state index >= 15 is 0 Å². The molecule has 3 atom stereocenters. The number of furan rings is 1. The average molecular weight is 301 g/mol. The van der Waals surface area contributed by atoms with E-state index in [-0.39, 0.29) is 34.7 Å². The fourth-order valence-electron chi connectivity index (χ4n) is 2.86. The molecule has 0 amide bonds. The lowest BCUT2D eigenvalue weighted by atomic mass is 9.96. The Morgan fingerprint density at radius 1 is 1.45 bits per heavy atom. The maximum Gasteiger partial charge on any atom is 0.371 e. The summed E-state index contributed by atoms with van der Waals surface area (Å²) < 4.78 is 37.7. The number of aromatic carboxylic acids is 1. The summed E-state index contributed by atoms with van der Waals surface area (Å²) in [6.07, 6.45) is 2.53. The smallest absolute Gasteiger partial charge is 0.371 e. The molecular formula is C12H15NO6S. The number of carbonyl (C=O) groups is 1. The van der Waals surface area contributed by atoms with Crippen LogP contribution >= 0.6 is 0 Å². The summed E-state index contributed by atoms with van der Waals surface area (Å²) in [4.78, 5) is 10.7. The Kier molecular flexibility index (Phi) is 3.11. The van der Waals surface area contributed by atoms with Gasteiger partial charge in [0.25, 0.3) is 0 Å². The summed E-state index contributed by atoms with van der Waals surface area (Å²) in [5.41, 5.74) is 0. The van der Waals surface area contributed by atoms with Gasteiger partial charge < -0.3 is 14.3 Å². The molecule has 3 rings (SSSR count). The van der Waals surface area contributed by atoms with Crippen molar-refractivity contribution in [2.45, 2.75) is 49.3 Å². The van der Waals surface area contributed by atoms with Crippen molar-refractivity contribution in [3.8, 4) is 0 Å². The Labute approximate surface area is 116 Å². The van der Waals surface area contributed by atoms with E-state index < -0.39 is 16.0 Å². The van der Waals surface area contributed by atoms with Crippen molar-refractivity contribution in [1.29, 1.82) is 0 Å². The van der Waals surface area contributed by atoms with Crippen LogP contribution in [0.1, 0.15) is 35.6 Å². The minimum Gasteiger partial charge on any atom is -0.475 e. The van der Waals surface area contributed by atoms with Crippen molar-refractivity contribution in [1.82, 2.24) is 4.72 Å². The molecule has 2 aliphatic heterocycles. The maximum absolute atomic E-state index is 12.3. The molecule has 3 heterocycles. The predicted molar refractivity (Wildman–Crippen MR) is 67.0 cm³/mol. The topological polar surface area (TPSA) is 106 Å². The van der Waals surface area contributed by atoms with Gasteiger partial charge in [-0.3, -0.25) is 0 Å². The van der Waals surface area contributed by atoms with Crippen LogP contribution in [0.15, 0.2) is 15.4 Å². The average Bonchev–Trinajstić information content (AvgIpc) is 3.02. The van der Waals surface area contributed by atoms with Gasteiger partial charge >= 0.3 is 5.97 Å². The molecule has 7 nitrogen and oxygen atoms in total. The van der Waals surface area contributed by atoms with Gasteiger partial charge in [-0.25, -0.2) is 17.9 Å². The van der Waals surface area contributed by atoms with Crippen LogP contribution in [0.4, 0.5) is 0 Å². The molecule has 2 N–H and O–H groups in total. The lowest BCUT2D eigenvalue weighted by Crippen LogP contribution is -2.41. The highest BCUT2D eigenvalue weighted by Crippen LogP contribution is 2.35. The molecule has 0 spiro atoms. The molecular weight excluding hydrogens is 286 g/mol. The quantitative estimate of drug-likeness (QED) is 0.855. The van der Waals surface area contributed by atoms with Crippen molar-refractivity contribution in [3.05, 3.63) is 17.6 Å². The Bertz CT molecular complexity index is 649. The van der Waals surface area contributed by atoms with Gasteiger partial charge in [0.05, 0.1) is 18.2 Å². The van der Waals surface area contributed by atoms with E-state index in [2.05, 4.69) is 4.72 Å². The number of aryl methyl sites for hydroxylation is 1. The summed E-state index contributed by atoms with van der Waals surface area (Å²) in [7, 11) is -3.80. The van der Waals surface area contributed by atoms with Crippen LogP contribution in [0.5, 0.6) is 0 Å². The largest absolute Gasteiger partial charge is 0.475 e. The fraction of sp³-hybridized carbons (Fsp3) is 0.583. The number of hydrogen-bond donors (Lipinski definition) is 2. The van der Waals surface area contributed by atoms with Crippen molar-refractivity contribution < 1.29 is 27.5 Å². The molecule has 3 unspecified atom stereocenters. The first kappa shape index (κ1) is 13.6. The first-order valence-corrected chi connectivity index (χ1v) is 7.86. The molecule has 0 aliphatic carbocycles. The van der Waals surface area contributed by atoms with Crippen molar-refractivity contribution in [3.63, 3.8) is 0 Å². The maximum atomic E-state index is 12.3. The van der Waals surface area contributed by atoms with Crippen LogP contribution in [-0.2, 0) is 14.8 Å². The molecule has 0 radical (unpaired) electrons. The van der Waals surface area contributed by atoms with Crippen LogP contribution in [0.3, 0.4) is 0 Å². The van der Waals surface area contributed by atoms with Gasteiger partial charge in [0.1, 0.15) is 10.7 Å². The number of carboxylic acids is 1. The zero-order chi connectivity index (χ0) is 14.5. The summed E-state index contributed by atoms with van der Waals surface area (Å²) in [6, 6.07) is 0.787. The third-order valence-electron chi connectivity index (χ3n) is 3.79. The van der Waals surface area contributed by atoms with Gasteiger partial charge in [0, 0.05) is 6.07 Å². The third kappa shape index (κ3) is 2.23. The van der Waals surface area contributed by atoms with Crippen LogP contribution in [-0.4, -0.2) is 37.7 Å². The molecule has 2 bridgehead atoms. The summed E-state index contributed by atoms with van der Waals surface area (Å²) in [5, 5.41) is 8.83.